The fraction of sp³-hybridized carbons (Fsp3) is 0.533. The largest absolute Gasteiger partial charge is 0.491 e. The Kier molecular flexibility index (Phi) is 8.46. The molecule has 0 saturated carbocycles. The molecule has 2 amide bonds. The molecule has 0 unspecified atom stereocenters. The zero-order chi connectivity index (χ0) is 30.1. The maximum Gasteiger partial charge on any atom is 0.414 e. The summed E-state index contributed by atoms with van der Waals surface area (Å²) in [6.07, 6.45) is 2.69. The van der Waals surface area contributed by atoms with Crippen LogP contribution in [0, 0.1) is 12.7 Å². The van der Waals surface area contributed by atoms with Crippen molar-refractivity contribution in [2.24, 2.45) is 0 Å². The monoisotopic (exact) mass is 569 g/mol. The minimum atomic E-state index is -0.652. The summed E-state index contributed by atoms with van der Waals surface area (Å²) in [5.74, 6) is 0.223. The molecule has 4 heterocycles. The molecule has 0 saturated heterocycles. The third kappa shape index (κ3) is 7.45. The van der Waals surface area contributed by atoms with E-state index >= 15 is 4.39 Å². The van der Waals surface area contributed by atoms with Crippen molar-refractivity contribution in [1.82, 2.24) is 14.9 Å². The molecule has 2 aliphatic rings. The highest BCUT2D eigenvalue weighted by molar-refractivity contribution is 5.88. The second-order valence-electron chi connectivity index (χ2n) is 12.3. The van der Waals surface area contributed by atoms with Crippen molar-refractivity contribution < 1.29 is 28.2 Å². The molecule has 4 rings (SSSR count). The normalized spacial score (nSPS) is 15.3. The molecule has 0 fully saturated rings. The van der Waals surface area contributed by atoms with Crippen molar-refractivity contribution in [3.8, 4) is 5.75 Å². The van der Waals surface area contributed by atoms with Gasteiger partial charge in [-0.25, -0.2) is 23.9 Å². The number of allylic oxidation sites excluding steroid dienone is 1. The number of hydrogen-bond acceptors (Lipinski definition) is 8. The number of anilines is 3. The molecule has 2 aliphatic heterocycles. The van der Waals surface area contributed by atoms with Crippen molar-refractivity contribution in [3.05, 3.63) is 41.0 Å². The molecule has 222 valence electrons. The summed E-state index contributed by atoms with van der Waals surface area (Å²) >= 11 is 0. The molecule has 10 nitrogen and oxygen atoms in total. The number of amides is 2. The first-order valence-electron chi connectivity index (χ1n) is 13.9. The number of aromatic nitrogens is 2. The van der Waals surface area contributed by atoms with Crippen LogP contribution in [0.25, 0.3) is 5.57 Å². The van der Waals surface area contributed by atoms with Gasteiger partial charge in [-0.2, -0.15) is 0 Å². The lowest BCUT2D eigenvalue weighted by atomic mass is 9.99. The summed E-state index contributed by atoms with van der Waals surface area (Å²) in [5.41, 5.74) is 1.65. The number of carbonyl (C=O) groups excluding carboxylic acids is 2. The minimum Gasteiger partial charge on any atom is -0.491 e. The average Bonchev–Trinajstić information content (AvgIpc) is 3.16. The Morgan fingerprint density at radius 3 is 2.46 bits per heavy atom. The SMILES string of the molecule is Cc1cc(N(C)C(=O)OC(C)(C)C)cc(Nc2nc3c(c(C4=CCN(C(=O)OC(C)(C)C)CCC4)c2F)OCC3)n1. The van der Waals surface area contributed by atoms with Gasteiger partial charge < -0.3 is 24.4 Å². The first-order valence-corrected chi connectivity index (χ1v) is 13.9. The van der Waals surface area contributed by atoms with Crippen molar-refractivity contribution in [2.75, 3.05) is 37.0 Å². The van der Waals surface area contributed by atoms with Gasteiger partial charge in [-0.3, -0.25) is 4.90 Å². The Balaban J connectivity index is 1.64. The molecule has 0 radical (unpaired) electrons. The van der Waals surface area contributed by atoms with Gasteiger partial charge in [0.25, 0.3) is 0 Å². The van der Waals surface area contributed by atoms with Crippen LogP contribution in [0.2, 0.25) is 0 Å². The van der Waals surface area contributed by atoms with Gasteiger partial charge in [0, 0.05) is 38.3 Å². The van der Waals surface area contributed by atoms with Gasteiger partial charge in [0.15, 0.2) is 17.4 Å². The number of fused-ring (bicyclic) bond motifs is 1. The van der Waals surface area contributed by atoms with E-state index in [-0.39, 0.29) is 5.82 Å². The third-order valence-corrected chi connectivity index (χ3v) is 6.39. The minimum absolute atomic E-state index is 0.0161. The summed E-state index contributed by atoms with van der Waals surface area (Å²) in [6, 6.07) is 3.39. The number of halogens is 1. The molecule has 0 spiro atoms. The van der Waals surface area contributed by atoms with Gasteiger partial charge in [-0.15, -0.1) is 0 Å². The van der Waals surface area contributed by atoms with E-state index in [9.17, 15) is 9.59 Å². The number of hydrogen-bond donors (Lipinski definition) is 1. The molecule has 2 aromatic rings. The lowest BCUT2D eigenvalue weighted by Crippen LogP contribution is -2.37. The van der Waals surface area contributed by atoms with Crippen LogP contribution in [-0.4, -0.2) is 65.0 Å². The second-order valence-corrected chi connectivity index (χ2v) is 12.3. The predicted molar refractivity (Wildman–Crippen MR) is 155 cm³/mol. The van der Waals surface area contributed by atoms with Gasteiger partial charge in [-0.05, 0) is 72.9 Å². The molecular weight excluding hydrogens is 529 g/mol. The van der Waals surface area contributed by atoms with Gasteiger partial charge in [0.1, 0.15) is 17.0 Å². The van der Waals surface area contributed by atoms with Gasteiger partial charge in [-0.1, -0.05) is 6.08 Å². The first kappa shape index (κ1) is 30.1. The maximum atomic E-state index is 16.2. The summed E-state index contributed by atoms with van der Waals surface area (Å²) in [7, 11) is 1.61. The zero-order valence-electron chi connectivity index (χ0n) is 25.2. The van der Waals surface area contributed by atoms with E-state index in [1.165, 1.54) is 4.90 Å². The molecule has 2 aromatic heterocycles. The molecule has 1 N–H and O–H groups in total. The number of ether oxygens (including phenoxy) is 3. The van der Waals surface area contributed by atoms with Crippen LogP contribution < -0.4 is 15.0 Å². The third-order valence-electron chi connectivity index (χ3n) is 6.39. The molecular formula is C30H40FN5O5. The van der Waals surface area contributed by atoms with E-state index in [1.54, 1.807) is 51.8 Å². The standard InChI is InChI=1S/C30H40FN5O5/c1-18-16-20(35(8)27(37)40-29(2,3)4)17-22(32-18)34-26-24(31)23(25-21(33-26)12-15-39-25)19-10-9-13-36(14-11-19)28(38)41-30(5,6)7/h11,16-17H,9-10,12-15H2,1-8H3,(H,32,33,34). The van der Waals surface area contributed by atoms with Gasteiger partial charge >= 0.3 is 12.2 Å². The van der Waals surface area contributed by atoms with Crippen LogP contribution >= 0.6 is 0 Å². The number of pyridine rings is 2. The van der Waals surface area contributed by atoms with Crippen molar-refractivity contribution in [2.45, 2.75) is 78.9 Å². The molecule has 0 bridgehead atoms. The zero-order valence-corrected chi connectivity index (χ0v) is 25.2. The first-order chi connectivity index (χ1) is 19.1. The molecule has 41 heavy (non-hydrogen) atoms. The molecule has 0 aromatic carbocycles. The summed E-state index contributed by atoms with van der Waals surface area (Å²) in [6.45, 7) is 13.9. The predicted octanol–water partition coefficient (Wildman–Crippen LogP) is 6.39. The highest BCUT2D eigenvalue weighted by Gasteiger charge is 2.30. The number of nitrogens with one attached hydrogen (secondary N) is 1. The van der Waals surface area contributed by atoms with E-state index in [4.69, 9.17) is 14.2 Å². The summed E-state index contributed by atoms with van der Waals surface area (Å²) < 4.78 is 33.1. The Morgan fingerprint density at radius 2 is 1.78 bits per heavy atom. The molecule has 11 heteroatoms. The average molecular weight is 570 g/mol. The second kappa shape index (κ2) is 11.5. The van der Waals surface area contributed by atoms with Gasteiger partial charge in [0.05, 0.1) is 23.6 Å². The fourth-order valence-electron chi connectivity index (χ4n) is 4.60. The Bertz CT molecular complexity index is 1360. The lowest BCUT2D eigenvalue weighted by Gasteiger charge is -2.25. The molecule has 0 atom stereocenters. The topological polar surface area (TPSA) is 106 Å². The van der Waals surface area contributed by atoms with Gasteiger partial charge in [0.2, 0.25) is 0 Å². The molecule has 0 aliphatic carbocycles. The lowest BCUT2D eigenvalue weighted by molar-refractivity contribution is 0.0273. The van der Waals surface area contributed by atoms with Crippen LogP contribution in [0.3, 0.4) is 0 Å². The van der Waals surface area contributed by atoms with Crippen molar-refractivity contribution in [1.29, 1.82) is 0 Å². The van der Waals surface area contributed by atoms with E-state index in [0.717, 1.165) is 5.57 Å². The van der Waals surface area contributed by atoms with E-state index in [0.29, 0.717) is 73.2 Å². The Morgan fingerprint density at radius 1 is 1.07 bits per heavy atom. The van der Waals surface area contributed by atoms with Crippen molar-refractivity contribution >= 4 is 35.1 Å². The number of aryl methyl sites for hydroxylation is 1. The fourth-order valence-corrected chi connectivity index (χ4v) is 4.60. The van der Waals surface area contributed by atoms with Crippen LogP contribution in [0.15, 0.2) is 18.2 Å². The van der Waals surface area contributed by atoms with Crippen LogP contribution in [0.5, 0.6) is 5.75 Å². The number of carbonyl (C=O) groups is 2. The smallest absolute Gasteiger partial charge is 0.414 e. The van der Waals surface area contributed by atoms with Crippen LogP contribution in [-0.2, 0) is 15.9 Å². The van der Waals surface area contributed by atoms with E-state index < -0.39 is 29.2 Å². The van der Waals surface area contributed by atoms with E-state index in [2.05, 4.69) is 15.3 Å². The Hall–Kier alpha value is -3.89. The highest BCUT2D eigenvalue weighted by Crippen LogP contribution is 2.40. The van der Waals surface area contributed by atoms with Crippen LogP contribution in [0.4, 0.5) is 31.3 Å². The van der Waals surface area contributed by atoms with Crippen LogP contribution in [0.1, 0.15) is 71.3 Å². The summed E-state index contributed by atoms with van der Waals surface area (Å²) in [4.78, 5) is 37.3. The maximum absolute atomic E-state index is 16.2. The van der Waals surface area contributed by atoms with E-state index in [1.807, 2.05) is 26.8 Å². The number of rotatable bonds is 4. The van der Waals surface area contributed by atoms with Crippen molar-refractivity contribution in [3.63, 3.8) is 0 Å². The quantitative estimate of drug-likeness (QED) is 0.452. The highest BCUT2D eigenvalue weighted by atomic mass is 19.1. The Labute approximate surface area is 240 Å². The summed E-state index contributed by atoms with van der Waals surface area (Å²) in [5, 5.41) is 3.03. The number of nitrogens with zero attached hydrogens (tertiary/aromatic N) is 4.